The van der Waals surface area contributed by atoms with Gasteiger partial charge in [0, 0.05) is 17.3 Å². The summed E-state index contributed by atoms with van der Waals surface area (Å²) in [5.74, 6) is 0. The molecule has 0 aliphatic carbocycles. The first-order chi connectivity index (χ1) is 12.5. The van der Waals surface area contributed by atoms with Crippen molar-refractivity contribution in [3.05, 3.63) is 64.2 Å². The molecule has 0 unspecified atom stereocenters. The van der Waals surface area contributed by atoms with E-state index in [1.54, 1.807) is 24.3 Å². The van der Waals surface area contributed by atoms with E-state index in [1.807, 2.05) is 5.32 Å². The highest BCUT2D eigenvalue weighted by atomic mass is 35.5. The average molecular weight is 411 g/mol. The second-order valence-corrected chi connectivity index (χ2v) is 5.92. The quantitative estimate of drug-likeness (QED) is 0.620. The number of hydrogen-bond acceptors (Lipinski definition) is 1. The summed E-state index contributed by atoms with van der Waals surface area (Å²) in [7, 11) is 0. The van der Waals surface area contributed by atoms with Gasteiger partial charge in [0.1, 0.15) is 0 Å². The molecule has 3 nitrogen and oxygen atoms in total. The maximum Gasteiger partial charge on any atom is 0.416 e. The van der Waals surface area contributed by atoms with E-state index in [1.165, 1.54) is 0 Å². The molecule has 0 aromatic heterocycles. The van der Waals surface area contributed by atoms with Crippen molar-refractivity contribution in [1.82, 2.24) is 5.32 Å². The van der Waals surface area contributed by atoms with Crippen molar-refractivity contribution in [3.8, 4) is 0 Å². The van der Waals surface area contributed by atoms with E-state index >= 15 is 0 Å². The fourth-order valence-corrected chi connectivity index (χ4v) is 2.44. The van der Waals surface area contributed by atoms with Crippen LogP contribution in [-0.2, 0) is 18.8 Å². The molecule has 0 aliphatic heterocycles. The van der Waals surface area contributed by atoms with E-state index in [4.69, 9.17) is 11.6 Å². The highest BCUT2D eigenvalue weighted by Crippen LogP contribution is 2.37. The molecule has 2 aromatic carbocycles. The van der Waals surface area contributed by atoms with Gasteiger partial charge in [-0.3, -0.25) is 0 Å². The number of halogens is 7. The maximum atomic E-state index is 12.8. The van der Waals surface area contributed by atoms with Crippen LogP contribution >= 0.6 is 11.6 Å². The van der Waals surface area contributed by atoms with Gasteiger partial charge in [-0.25, -0.2) is 4.79 Å². The third-order valence-electron chi connectivity index (χ3n) is 3.48. The van der Waals surface area contributed by atoms with Gasteiger partial charge in [-0.2, -0.15) is 26.3 Å². The maximum absolute atomic E-state index is 12.8. The van der Waals surface area contributed by atoms with E-state index in [9.17, 15) is 31.1 Å². The monoisotopic (exact) mass is 410 g/mol. The van der Waals surface area contributed by atoms with Gasteiger partial charge in [0.05, 0.1) is 11.1 Å². The minimum Gasteiger partial charge on any atom is -0.338 e. The second kappa shape index (κ2) is 8.08. The number of alkyl halides is 6. The molecule has 0 heterocycles. The van der Waals surface area contributed by atoms with Gasteiger partial charge in [0.15, 0.2) is 0 Å². The molecule has 2 rings (SSSR count). The van der Waals surface area contributed by atoms with Crippen LogP contribution in [0, 0.1) is 0 Å². The van der Waals surface area contributed by atoms with Gasteiger partial charge in [0.25, 0.3) is 0 Å². The Morgan fingerprint density at radius 1 is 0.926 bits per heavy atom. The molecule has 0 saturated carbocycles. The van der Waals surface area contributed by atoms with Crippen LogP contribution in [0.15, 0.2) is 42.5 Å². The molecule has 0 saturated heterocycles. The van der Waals surface area contributed by atoms with Gasteiger partial charge in [-0.1, -0.05) is 29.8 Å². The molecule has 146 valence electrons. The van der Waals surface area contributed by atoms with Crippen molar-refractivity contribution in [2.24, 2.45) is 0 Å². The number of carbonyl (C=O) groups excluding carboxylic acids is 1. The first kappa shape index (κ1) is 20.9. The van der Waals surface area contributed by atoms with E-state index in [0.29, 0.717) is 23.6 Å². The van der Waals surface area contributed by atoms with Gasteiger partial charge < -0.3 is 10.6 Å². The summed E-state index contributed by atoms with van der Waals surface area (Å²) in [4.78, 5) is 11.8. The standard InChI is InChI=1S/C17H13ClF6N2O/c18-14-4-2-1-3-10(14)5-6-25-15(27)26-13-8-11(16(19,20)21)7-12(9-13)17(22,23)24/h1-4,7-9H,5-6H2,(H2,25,26,27). The normalized spacial score (nSPS) is 12.0. The van der Waals surface area contributed by atoms with Crippen molar-refractivity contribution in [2.75, 3.05) is 11.9 Å². The van der Waals surface area contributed by atoms with E-state index in [2.05, 4.69) is 5.32 Å². The number of amides is 2. The van der Waals surface area contributed by atoms with Crippen LogP contribution in [0.25, 0.3) is 0 Å². The summed E-state index contributed by atoms with van der Waals surface area (Å²) >= 11 is 5.95. The summed E-state index contributed by atoms with van der Waals surface area (Å²) in [5.41, 5.74) is -2.90. The fraction of sp³-hybridized carbons (Fsp3) is 0.235. The Balaban J connectivity index is 2.07. The third-order valence-corrected chi connectivity index (χ3v) is 3.85. The van der Waals surface area contributed by atoms with Crippen LogP contribution in [0.5, 0.6) is 0 Å². The zero-order valence-corrected chi connectivity index (χ0v) is 14.3. The van der Waals surface area contributed by atoms with E-state index in [-0.39, 0.29) is 12.6 Å². The predicted octanol–water partition coefficient (Wildman–Crippen LogP) is 5.74. The lowest BCUT2D eigenvalue weighted by molar-refractivity contribution is -0.143. The van der Waals surface area contributed by atoms with Crippen LogP contribution in [0.2, 0.25) is 5.02 Å². The molecule has 2 aromatic rings. The van der Waals surface area contributed by atoms with Crippen molar-refractivity contribution in [3.63, 3.8) is 0 Å². The molecule has 0 spiro atoms. The number of nitrogens with one attached hydrogen (secondary N) is 2. The smallest absolute Gasteiger partial charge is 0.338 e. The van der Waals surface area contributed by atoms with Crippen molar-refractivity contribution >= 4 is 23.3 Å². The average Bonchev–Trinajstić information content (AvgIpc) is 2.54. The van der Waals surface area contributed by atoms with Crippen molar-refractivity contribution in [2.45, 2.75) is 18.8 Å². The van der Waals surface area contributed by atoms with Gasteiger partial charge in [-0.15, -0.1) is 0 Å². The lowest BCUT2D eigenvalue weighted by Crippen LogP contribution is -2.30. The Bertz CT molecular complexity index is 788. The van der Waals surface area contributed by atoms with Gasteiger partial charge in [-0.05, 0) is 36.2 Å². The predicted molar refractivity (Wildman–Crippen MR) is 88.6 cm³/mol. The Kier molecular flexibility index (Phi) is 6.25. The summed E-state index contributed by atoms with van der Waals surface area (Å²) in [6.45, 7) is 0.0840. The molecule has 0 bridgehead atoms. The lowest BCUT2D eigenvalue weighted by atomic mass is 10.1. The highest BCUT2D eigenvalue weighted by Gasteiger charge is 2.37. The first-order valence-electron chi connectivity index (χ1n) is 7.54. The third kappa shape index (κ3) is 6.06. The minimum atomic E-state index is -4.99. The number of urea groups is 1. The highest BCUT2D eigenvalue weighted by molar-refractivity contribution is 6.31. The van der Waals surface area contributed by atoms with Crippen molar-refractivity contribution < 1.29 is 31.1 Å². The molecule has 10 heteroatoms. The topological polar surface area (TPSA) is 41.1 Å². The SMILES string of the molecule is O=C(NCCc1ccccc1Cl)Nc1cc(C(F)(F)F)cc(C(F)(F)F)c1. The molecule has 27 heavy (non-hydrogen) atoms. The van der Waals surface area contributed by atoms with E-state index in [0.717, 1.165) is 5.56 Å². The van der Waals surface area contributed by atoms with Crippen molar-refractivity contribution in [1.29, 1.82) is 0 Å². The number of anilines is 1. The Morgan fingerprint density at radius 3 is 2.00 bits per heavy atom. The molecule has 0 fully saturated rings. The second-order valence-electron chi connectivity index (χ2n) is 5.52. The summed E-state index contributed by atoms with van der Waals surface area (Å²) in [6, 6.07) is 6.75. The molecule has 0 atom stereocenters. The molecular weight excluding hydrogens is 398 g/mol. The van der Waals surface area contributed by atoms with Gasteiger partial charge in [0.2, 0.25) is 0 Å². The fourth-order valence-electron chi connectivity index (χ4n) is 2.21. The molecule has 2 amide bonds. The van der Waals surface area contributed by atoms with Crippen LogP contribution in [0.1, 0.15) is 16.7 Å². The minimum absolute atomic E-state index is 0.0134. The molecule has 2 N–H and O–H groups in total. The number of rotatable bonds is 4. The summed E-state index contributed by atoms with van der Waals surface area (Å²) < 4.78 is 76.8. The zero-order chi connectivity index (χ0) is 20.2. The number of carbonyl (C=O) groups is 1. The number of benzene rings is 2. The summed E-state index contributed by atoms with van der Waals surface area (Å²) in [5, 5.41) is 4.82. The zero-order valence-electron chi connectivity index (χ0n) is 13.5. The van der Waals surface area contributed by atoms with Crippen LogP contribution in [0.3, 0.4) is 0 Å². The molecule has 0 radical (unpaired) electrons. The summed E-state index contributed by atoms with van der Waals surface area (Å²) in [6.07, 6.45) is -9.64. The Morgan fingerprint density at radius 2 is 1.48 bits per heavy atom. The lowest BCUT2D eigenvalue weighted by Gasteiger charge is -2.15. The molecule has 0 aliphatic rings. The van der Waals surface area contributed by atoms with E-state index < -0.39 is 35.2 Å². The van der Waals surface area contributed by atoms with Crippen LogP contribution in [-0.4, -0.2) is 12.6 Å². The van der Waals surface area contributed by atoms with Crippen LogP contribution < -0.4 is 10.6 Å². The van der Waals surface area contributed by atoms with Gasteiger partial charge >= 0.3 is 18.4 Å². The number of hydrogen-bond donors (Lipinski definition) is 2. The van der Waals surface area contributed by atoms with Crippen LogP contribution in [0.4, 0.5) is 36.8 Å². The first-order valence-corrected chi connectivity index (χ1v) is 7.92. The largest absolute Gasteiger partial charge is 0.416 e. The molecular formula is C17H13ClF6N2O. The Labute approximate surface area is 155 Å². The Hall–Kier alpha value is -2.42.